The molecule has 186 valence electrons. The number of aryl methyl sites for hydroxylation is 1. The number of ether oxygens (including phenoxy) is 3. The van der Waals surface area contributed by atoms with Crippen LogP contribution in [0.15, 0.2) is 54.7 Å². The van der Waals surface area contributed by atoms with Gasteiger partial charge < -0.3 is 30.0 Å². The van der Waals surface area contributed by atoms with E-state index in [2.05, 4.69) is 20.9 Å². The molecule has 1 aromatic heterocycles. The van der Waals surface area contributed by atoms with Gasteiger partial charge in [-0.2, -0.15) is 0 Å². The van der Waals surface area contributed by atoms with E-state index in [0.29, 0.717) is 30.8 Å². The van der Waals surface area contributed by atoms with Crippen LogP contribution >= 0.6 is 0 Å². The van der Waals surface area contributed by atoms with Gasteiger partial charge >= 0.3 is 6.03 Å². The number of amides is 2. The van der Waals surface area contributed by atoms with Gasteiger partial charge in [0.25, 0.3) is 0 Å². The number of nitrogens with one attached hydrogen (secondary N) is 2. The number of aliphatic hydroxyl groups is 1. The third-order valence-corrected chi connectivity index (χ3v) is 6.07. The first-order valence-electron chi connectivity index (χ1n) is 11.6. The van der Waals surface area contributed by atoms with Crippen LogP contribution in [0.1, 0.15) is 19.3 Å². The molecule has 1 saturated heterocycles. The Morgan fingerprint density at radius 3 is 2.63 bits per heavy atom. The predicted octanol–water partition coefficient (Wildman–Crippen LogP) is 3.08. The fraction of sp³-hybridized carbons (Fsp3) is 0.400. The molecule has 2 aromatic carbocycles. The maximum Gasteiger partial charge on any atom is 0.319 e. The largest absolute Gasteiger partial charge is 0.496 e. The van der Waals surface area contributed by atoms with Gasteiger partial charge in [0.05, 0.1) is 44.9 Å². The van der Waals surface area contributed by atoms with Gasteiger partial charge in [-0.1, -0.05) is 29.5 Å². The smallest absolute Gasteiger partial charge is 0.319 e. The lowest BCUT2D eigenvalue weighted by Crippen LogP contribution is -2.52. The molecule has 2 amide bonds. The van der Waals surface area contributed by atoms with E-state index in [1.165, 1.54) is 0 Å². The summed E-state index contributed by atoms with van der Waals surface area (Å²) >= 11 is 0. The standard InChI is InChI=1S/C25H31N5O5/c1-33-22-9-5-3-7-18(22)21-15-30(29-28-21)14-13-17-11-12-20(24(16-31)35-17)27-25(32)26-19-8-4-6-10-23(19)34-2/h3-10,15,17,20,24,31H,11-14,16H2,1-2H3,(H2,26,27,32)/t17-,20-,24-/m1/s1. The molecular formula is C25H31N5O5. The van der Waals surface area contributed by atoms with Gasteiger partial charge in [-0.25, -0.2) is 4.79 Å². The number of hydrogen-bond acceptors (Lipinski definition) is 7. The van der Waals surface area contributed by atoms with Gasteiger partial charge in [-0.15, -0.1) is 5.10 Å². The summed E-state index contributed by atoms with van der Waals surface area (Å²) in [6, 6.07) is 14.2. The van der Waals surface area contributed by atoms with Crippen molar-refractivity contribution in [3.05, 3.63) is 54.7 Å². The van der Waals surface area contributed by atoms with Crippen LogP contribution in [-0.2, 0) is 11.3 Å². The van der Waals surface area contributed by atoms with Gasteiger partial charge in [0.2, 0.25) is 0 Å². The first kappa shape index (κ1) is 24.5. The number of benzene rings is 2. The molecule has 1 fully saturated rings. The molecule has 3 aromatic rings. The monoisotopic (exact) mass is 481 g/mol. The first-order valence-corrected chi connectivity index (χ1v) is 11.6. The molecule has 0 spiro atoms. The Bertz CT molecular complexity index is 1120. The topological polar surface area (TPSA) is 120 Å². The van der Waals surface area contributed by atoms with Crippen LogP contribution in [-0.4, -0.2) is 65.2 Å². The molecule has 4 rings (SSSR count). The molecule has 2 heterocycles. The maximum atomic E-state index is 12.5. The molecule has 3 N–H and O–H groups in total. The highest BCUT2D eigenvalue weighted by molar-refractivity contribution is 5.91. The van der Waals surface area contributed by atoms with Gasteiger partial charge in [0.15, 0.2) is 0 Å². The highest BCUT2D eigenvalue weighted by atomic mass is 16.5. The molecule has 0 aliphatic carbocycles. The van der Waals surface area contributed by atoms with E-state index >= 15 is 0 Å². The second kappa shape index (κ2) is 11.7. The Kier molecular flexibility index (Phi) is 8.17. The third-order valence-electron chi connectivity index (χ3n) is 6.07. The summed E-state index contributed by atoms with van der Waals surface area (Å²) in [7, 11) is 3.18. The molecule has 35 heavy (non-hydrogen) atoms. The lowest BCUT2D eigenvalue weighted by Gasteiger charge is -2.36. The van der Waals surface area contributed by atoms with Crippen LogP contribution in [0.2, 0.25) is 0 Å². The fourth-order valence-corrected chi connectivity index (χ4v) is 4.25. The van der Waals surface area contributed by atoms with Crippen molar-refractivity contribution in [2.75, 3.05) is 26.1 Å². The van der Waals surface area contributed by atoms with E-state index < -0.39 is 6.10 Å². The predicted molar refractivity (Wildman–Crippen MR) is 131 cm³/mol. The quantitative estimate of drug-likeness (QED) is 0.430. The van der Waals surface area contributed by atoms with Crippen LogP contribution in [0.3, 0.4) is 0 Å². The molecule has 0 bridgehead atoms. The van der Waals surface area contributed by atoms with Gasteiger partial charge in [0.1, 0.15) is 23.3 Å². The zero-order valence-electron chi connectivity index (χ0n) is 19.9. The number of para-hydroxylation sites is 3. The van der Waals surface area contributed by atoms with Crippen molar-refractivity contribution in [3.63, 3.8) is 0 Å². The fourth-order valence-electron chi connectivity index (χ4n) is 4.25. The van der Waals surface area contributed by atoms with Crippen molar-refractivity contribution >= 4 is 11.7 Å². The second-order valence-electron chi connectivity index (χ2n) is 8.32. The number of carbonyl (C=O) groups is 1. The van der Waals surface area contributed by atoms with E-state index in [1.54, 1.807) is 31.0 Å². The summed E-state index contributed by atoms with van der Waals surface area (Å²) < 4.78 is 18.6. The average molecular weight is 482 g/mol. The van der Waals surface area contributed by atoms with Crippen LogP contribution in [0.4, 0.5) is 10.5 Å². The minimum atomic E-state index is -0.489. The van der Waals surface area contributed by atoms with Crippen LogP contribution < -0.4 is 20.1 Å². The number of aliphatic hydroxyl groups excluding tert-OH is 1. The summed E-state index contributed by atoms with van der Waals surface area (Å²) in [4.78, 5) is 12.5. The van der Waals surface area contributed by atoms with Crippen LogP contribution in [0.25, 0.3) is 11.3 Å². The average Bonchev–Trinajstić information content (AvgIpc) is 3.37. The molecule has 3 atom stereocenters. The van der Waals surface area contributed by atoms with E-state index in [1.807, 2.05) is 42.6 Å². The van der Waals surface area contributed by atoms with Crippen molar-refractivity contribution in [2.45, 2.75) is 44.1 Å². The number of carbonyl (C=O) groups excluding carboxylic acids is 1. The normalized spacial score (nSPS) is 19.7. The number of nitrogens with zero attached hydrogens (tertiary/aromatic N) is 3. The first-order chi connectivity index (χ1) is 17.1. The third kappa shape index (κ3) is 6.09. The van der Waals surface area contributed by atoms with Crippen LogP contribution in [0, 0.1) is 0 Å². The Morgan fingerprint density at radius 1 is 1.11 bits per heavy atom. The summed E-state index contributed by atoms with van der Waals surface area (Å²) in [6.07, 6.45) is 3.50. The zero-order valence-corrected chi connectivity index (χ0v) is 19.9. The molecular weight excluding hydrogens is 450 g/mol. The minimum absolute atomic E-state index is 0.0543. The molecule has 0 unspecified atom stereocenters. The number of methoxy groups -OCH3 is 2. The molecule has 1 aliphatic rings. The SMILES string of the molecule is COc1ccccc1NC(=O)N[C@@H]1CC[C@H](CCn2cc(-c3ccccc3OC)nn2)O[C@@H]1CO. The minimum Gasteiger partial charge on any atom is -0.496 e. The van der Waals surface area contributed by atoms with E-state index in [4.69, 9.17) is 14.2 Å². The van der Waals surface area contributed by atoms with Crippen LogP contribution in [0.5, 0.6) is 11.5 Å². The number of anilines is 1. The van der Waals surface area contributed by atoms with Crippen molar-refractivity contribution in [1.82, 2.24) is 20.3 Å². The van der Waals surface area contributed by atoms with Crippen molar-refractivity contribution in [2.24, 2.45) is 0 Å². The van der Waals surface area contributed by atoms with Gasteiger partial charge in [-0.05, 0) is 43.5 Å². The van der Waals surface area contributed by atoms with Crippen molar-refractivity contribution in [3.8, 4) is 22.8 Å². The Morgan fingerprint density at radius 2 is 1.86 bits per heavy atom. The molecule has 0 saturated carbocycles. The Hall–Kier alpha value is -3.63. The van der Waals surface area contributed by atoms with Crippen molar-refractivity contribution in [1.29, 1.82) is 0 Å². The van der Waals surface area contributed by atoms with E-state index in [9.17, 15) is 9.90 Å². The van der Waals surface area contributed by atoms with Crippen molar-refractivity contribution < 1.29 is 24.1 Å². The maximum absolute atomic E-state index is 12.5. The highest BCUT2D eigenvalue weighted by Gasteiger charge is 2.32. The van der Waals surface area contributed by atoms with Gasteiger partial charge in [-0.3, -0.25) is 4.68 Å². The summed E-state index contributed by atoms with van der Waals surface area (Å²) in [5.74, 6) is 1.32. The van der Waals surface area contributed by atoms with E-state index in [-0.39, 0.29) is 24.8 Å². The number of hydrogen-bond donors (Lipinski definition) is 3. The molecule has 10 nitrogen and oxygen atoms in total. The number of rotatable bonds is 9. The van der Waals surface area contributed by atoms with Gasteiger partial charge in [0, 0.05) is 12.1 Å². The highest BCUT2D eigenvalue weighted by Crippen LogP contribution is 2.28. The zero-order chi connectivity index (χ0) is 24.6. The number of urea groups is 1. The second-order valence-corrected chi connectivity index (χ2v) is 8.32. The molecule has 1 aliphatic heterocycles. The Labute approximate surface area is 204 Å². The lowest BCUT2D eigenvalue weighted by atomic mass is 9.97. The number of aromatic nitrogens is 3. The van der Waals surface area contributed by atoms with E-state index in [0.717, 1.165) is 23.4 Å². The molecule has 0 radical (unpaired) electrons. The summed E-state index contributed by atoms with van der Waals surface area (Å²) in [5, 5.41) is 24.1. The Balaban J connectivity index is 1.29. The lowest BCUT2D eigenvalue weighted by molar-refractivity contribution is -0.0905. The summed E-state index contributed by atoms with van der Waals surface area (Å²) in [5.41, 5.74) is 2.20. The molecule has 10 heteroatoms. The summed E-state index contributed by atoms with van der Waals surface area (Å²) in [6.45, 7) is 0.439.